The average Bonchev–Trinajstić information content (AvgIpc) is 2.94. The van der Waals surface area contributed by atoms with Crippen LogP contribution >= 0.6 is 0 Å². The molecule has 1 aromatic rings. The van der Waals surface area contributed by atoms with Crippen molar-refractivity contribution in [2.75, 3.05) is 13.7 Å². The van der Waals surface area contributed by atoms with E-state index in [9.17, 15) is 4.39 Å². The molecule has 0 heterocycles. The van der Waals surface area contributed by atoms with Gasteiger partial charge in [0.05, 0.1) is 7.11 Å². The van der Waals surface area contributed by atoms with Crippen molar-refractivity contribution in [3.63, 3.8) is 0 Å². The summed E-state index contributed by atoms with van der Waals surface area (Å²) in [7, 11) is 1.48. The van der Waals surface area contributed by atoms with Gasteiger partial charge in [0.1, 0.15) is 0 Å². The maximum Gasteiger partial charge on any atom is 0.165 e. The topological polar surface area (TPSA) is 21.3 Å². The van der Waals surface area contributed by atoms with Crippen molar-refractivity contribution in [2.45, 2.75) is 33.2 Å². The summed E-state index contributed by atoms with van der Waals surface area (Å²) in [5.41, 5.74) is 1.45. The van der Waals surface area contributed by atoms with E-state index in [2.05, 4.69) is 26.1 Å². The lowest BCUT2D eigenvalue weighted by molar-refractivity contribution is 0.385. The molecule has 1 aromatic carbocycles. The van der Waals surface area contributed by atoms with E-state index in [-0.39, 0.29) is 11.9 Å². The van der Waals surface area contributed by atoms with E-state index < -0.39 is 0 Å². The van der Waals surface area contributed by atoms with Crippen molar-refractivity contribution in [3.8, 4) is 5.75 Å². The second-order valence-electron chi connectivity index (χ2n) is 5.91. The highest BCUT2D eigenvalue weighted by atomic mass is 19.1. The number of ether oxygens (including phenoxy) is 1. The molecule has 3 heteroatoms. The van der Waals surface area contributed by atoms with Crippen molar-refractivity contribution >= 4 is 0 Å². The van der Waals surface area contributed by atoms with Gasteiger partial charge in [0.15, 0.2) is 11.6 Å². The first-order valence-corrected chi connectivity index (χ1v) is 6.51. The molecule has 0 bridgehead atoms. The highest BCUT2D eigenvalue weighted by Gasteiger charge is 2.44. The highest BCUT2D eigenvalue weighted by molar-refractivity contribution is 5.30. The Hall–Kier alpha value is -1.09. The van der Waals surface area contributed by atoms with Gasteiger partial charge in [0.2, 0.25) is 0 Å². The molecule has 0 aliphatic heterocycles. The molecule has 2 unspecified atom stereocenters. The fraction of sp³-hybridized carbons (Fsp3) is 0.600. The minimum Gasteiger partial charge on any atom is -0.494 e. The fourth-order valence-corrected chi connectivity index (χ4v) is 2.31. The number of methoxy groups -OCH3 is 1. The summed E-state index contributed by atoms with van der Waals surface area (Å²) in [6.45, 7) is 7.65. The minimum atomic E-state index is -0.296. The van der Waals surface area contributed by atoms with E-state index in [0.29, 0.717) is 11.2 Å². The van der Waals surface area contributed by atoms with Gasteiger partial charge in [0, 0.05) is 6.04 Å². The first-order valence-electron chi connectivity index (χ1n) is 6.51. The average molecular weight is 251 g/mol. The van der Waals surface area contributed by atoms with E-state index in [1.54, 1.807) is 12.1 Å². The summed E-state index contributed by atoms with van der Waals surface area (Å²) in [6.07, 6.45) is 1.28. The lowest BCUT2D eigenvalue weighted by Crippen LogP contribution is -2.22. The molecule has 0 saturated heterocycles. The van der Waals surface area contributed by atoms with Crippen LogP contribution in [0.15, 0.2) is 18.2 Å². The molecule has 1 N–H and O–H groups in total. The van der Waals surface area contributed by atoms with E-state index in [0.717, 1.165) is 18.0 Å². The molecular weight excluding hydrogens is 229 g/mol. The van der Waals surface area contributed by atoms with Crippen molar-refractivity contribution in [1.29, 1.82) is 0 Å². The monoisotopic (exact) mass is 251 g/mol. The quantitative estimate of drug-likeness (QED) is 0.864. The van der Waals surface area contributed by atoms with Crippen molar-refractivity contribution in [3.05, 3.63) is 29.6 Å². The van der Waals surface area contributed by atoms with Crippen LogP contribution in [0.4, 0.5) is 4.39 Å². The Morgan fingerprint density at radius 1 is 1.50 bits per heavy atom. The molecule has 2 rings (SSSR count). The molecule has 1 aliphatic rings. The number of hydrogen-bond acceptors (Lipinski definition) is 2. The predicted molar refractivity (Wildman–Crippen MR) is 71.3 cm³/mol. The lowest BCUT2D eigenvalue weighted by Gasteiger charge is -2.15. The van der Waals surface area contributed by atoms with Gasteiger partial charge in [-0.25, -0.2) is 4.39 Å². The van der Waals surface area contributed by atoms with Gasteiger partial charge in [0.25, 0.3) is 0 Å². The highest BCUT2D eigenvalue weighted by Crippen LogP contribution is 2.51. The molecule has 18 heavy (non-hydrogen) atoms. The number of rotatable bonds is 5. The van der Waals surface area contributed by atoms with Crippen LogP contribution < -0.4 is 10.1 Å². The molecule has 0 aromatic heterocycles. The van der Waals surface area contributed by atoms with Gasteiger partial charge in [-0.15, -0.1) is 0 Å². The van der Waals surface area contributed by atoms with E-state index in [1.165, 1.54) is 13.5 Å². The minimum absolute atomic E-state index is 0.168. The summed E-state index contributed by atoms with van der Waals surface area (Å²) in [5.74, 6) is 0.757. The SMILES string of the molecule is COc1ccc(C(C)NCC2CC2(C)C)cc1F. The molecule has 2 nitrogen and oxygen atoms in total. The van der Waals surface area contributed by atoms with E-state index >= 15 is 0 Å². The second kappa shape index (κ2) is 4.88. The molecule has 1 aliphatic carbocycles. The summed E-state index contributed by atoms with van der Waals surface area (Å²) in [6, 6.07) is 5.32. The summed E-state index contributed by atoms with van der Waals surface area (Å²) in [4.78, 5) is 0. The molecular formula is C15H22FNO. The number of halogens is 1. The zero-order valence-corrected chi connectivity index (χ0v) is 11.6. The van der Waals surface area contributed by atoms with Crippen LogP contribution in [0.5, 0.6) is 5.75 Å². The fourth-order valence-electron chi connectivity index (χ4n) is 2.31. The molecule has 1 fully saturated rings. The Bertz CT molecular complexity index is 431. The van der Waals surface area contributed by atoms with Gasteiger partial charge in [-0.3, -0.25) is 0 Å². The Morgan fingerprint density at radius 2 is 2.17 bits per heavy atom. The molecule has 0 spiro atoms. The standard InChI is InChI=1S/C15H22FNO/c1-10(17-9-12-8-15(12,2)3)11-5-6-14(18-4)13(16)7-11/h5-7,10,12,17H,8-9H2,1-4H3. The Morgan fingerprint density at radius 3 is 2.67 bits per heavy atom. The third kappa shape index (κ3) is 2.83. The zero-order chi connectivity index (χ0) is 13.3. The molecule has 0 amide bonds. The van der Waals surface area contributed by atoms with Gasteiger partial charge >= 0.3 is 0 Å². The van der Waals surface area contributed by atoms with Crippen molar-refractivity contribution in [2.24, 2.45) is 11.3 Å². The summed E-state index contributed by atoms with van der Waals surface area (Å²) >= 11 is 0. The van der Waals surface area contributed by atoms with Crippen LogP contribution in [-0.2, 0) is 0 Å². The van der Waals surface area contributed by atoms with Crippen LogP contribution in [0.25, 0.3) is 0 Å². The number of benzene rings is 1. The third-order valence-corrected chi connectivity index (χ3v) is 4.06. The molecule has 100 valence electrons. The van der Waals surface area contributed by atoms with Gasteiger partial charge in [-0.1, -0.05) is 19.9 Å². The zero-order valence-electron chi connectivity index (χ0n) is 11.6. The van der Waals surface area contributed by atoms with E-state index in [4.69, 9.17) is 4.74 Å². The first-order chi connectivity index (χ1) is 8.44. The second-order valence-corrected chi connectivity index (χ2v) is 5.91. The van der Waals surface area contributed by atoms with Crippen molar-refractivity contribution < 1.29 is 9.13 Å². The van der Waals surface area contributed by atoms with Gasteiger partial charge in [-0.05, 0) is 48.9 Å². The maximum absolute atomic E-state index is 13.6. The number of hydrogen-bond donors (Lipinski definition) is 1. The third-order valence-electron chi connectivity index (χ3n) is 4.06. The molecule has 0 radical (unpaired) electrons. The maximum atomic E-state index is 13.6. The molecule has 1 saturated carbocycles. The number of nitrogens with one attached hydrogen (secondary N) is 1. The van der Waals surface area contributed by atoms with Crippen LogP contribution in [0.1, 0.15) is 38.8 Å². The Labute approximate surface area is 109 Å². The Kier molecular flexibility index (Phi) is 3.62. The van der Waals surface area contributed by atoms with Gasteiger partial charge < -0.3 is 10.1 Å². The predicted octanol–water partition coefficient (Wildman–Crippen LogP) is 3.53. The lowest BCUT2D eigenvalue weighted by atomic mass is 10.1. The van der Waals surface area contributed by atoms with Crippen LogP contribution in [0.2, 0.25) is 0 Å². The van der Waals surface area contributed by atoms with Crippen LogP contribution in [0.3, 0.4) is 0 Å². The smallest absolute Gasteiger partial charge is 0.165 e. The van der Waals surface area contributed by atoms with E-state index in [1.807, 2.05) is 6.07 Å². The molecule has 2 atom stereocenters. The van der Waals surface area contributed by atoms with Crippen LogP contribution in [0, 0.1) is 17.2 Å². The first kappa shape index (κ1) is 13.3. The Balaban J connectivity index is 1.92. The summed E-state index contributed by atoms with van der Waals surface area (Å²) in [5, 5.41) is 3.47. The van der Waals surface area contributed by atoms with Crippen molar-refractivity contribution in [1.82, 2.24) is 5.32 Å². The van der Waals surface area contributed by atoms with Gasteiger partial charge in [-0.2, -0.15) is 0 Å². The normalized spacial score (nSPS) is 22.6. The van der Waals surface area contributed by atoms with Crippen LogP contribution in [-0.4, -0.2) is 13.7 Å². The largest absolute Gasteiger partial charge is 0.494 e. The summed E-state index contributed by atoms with van der Waals surface area (Å²) < 4.78 is 18.5.